The maximum Gasteiger partial charge on any atom is 0.0771 e. The first-order valence-electron chi connectivity index (χ1n) is 9.57. The Morgan fingerprint density at radius 3 is 1.96 bits per heavy atom. The summed E-state index contributed by atoms with van der Waals surface area (Å²) in [5.74, 6) is 0. The van der Waals surface area contributed by atoms with Crippen molar-refractivity contribution in [3.8, 4) is 0 Å². The first-order chi connectivity index (χ1) is 11.9. The number of aliphatic imine (C=N–C) groups is 1. The normalized spacial score (nSPS) is 29.1. The van der Waals surface area contributed by atoms with E-state index in [1.54, 1.807) is 0 Å². The van der Waals surface area contributed by atoms with Gasteiger partial charge in [-0.2, -0.15) is 0 Å². The van der Waals surface area contributed by atoms with E-state index in [0.29, 0.717) is 12.1 Å². The number of rotatable bonds is 6. The van der Waals surface area contributed by atoms with Crippen molar-refractivity contribution in [3.63, 3.8) is 0 Å². The Kier molecular flexibility index (Phi) is 4.97. The molecule has 130 valence electrons. The van der Waals surface area contributed by atoms with E-state index in [0.717, 1.165) is 6.42 Å². The monoisotopic (exact) mass is 327 g/mol. The lowest BCUT2D eigenvalue weighted by Gasteiger charge is -2.17. The molecule has 3 fully saturated rings. The highest BCUT2D eigenvalue weighted by molar-refractivity contribution is 6.11. The number of aliphatic hydroxyl groups excluding tert-OH is 1. The fourth-order valence-electron chi connectivity index (χ4n) is 4.44. The van der Waals surface area contributed by atoms with E-state index < -0.39 is 0 Å². The van der Waals surface area contributed by atoms with Gasteiger partial charge in [-0.3, -0.25) is 14.8 Å². The van der Waals surface area contributed by atoms with Crippen LogP contribution >= 0.6 is 0 Å². The van der Waals surface area contributed by atoms with Crippen LogP contribution < -0.4 is 0 Å². The van der Waals surface area contributed by atoms with Gasteiger partial charge in [0.1, 0.15) is 0 Å². The van der Waals surface area contributed by atoms with Crippen LogP contribution in [0.15, 0.2) is 35.3 Å². The third-order valence-corrected chi connectivity index (χ3v) is 5.72. The van der Waals surface area contributed by atoms with Gasteiger partial charge in [-0.1, -0.05) is 30.3 Å². The van der Waals surface area contributed by atoms with E-state index >= 15 is 0 Å². The Morgan fingerprint density at radius 1 is 0.917 bits per heavy atom. The predicted octanol–water partition coefficient (Wildman–Crippen LogP) is 1.97. The molecule has 4 heteroatoms. The summed E-state index contributed by atoms with van der Waals surface area (Å²) in [6, 6.07) is 11.5. The Morgan fingerprint density at radius 2 is 1.46 bits per heavy atom. The van der Waals surface area contributed by atoms with Crippen molar-refractivity contribution in [2.45, 2.75) is 50.2 Å². The molecular formula is C20H29N3O. The lowest BCUT2D eigenvalue weighted by atomic mass is 10.1. The third kappa shape index (κ3) is 3.41. The standard InChI is InChI=1S/C20H29N3O/c24-15-17(14-16-8-2-1-3-9-16)21-18-19(22-10-4-5-11-22)20(18)23-12-6-7-13-23/h1-3,8-9,17,19-20,24H,4-7,10-15H2/t17-,19?,20?/m0/s1. The van der Waals surface area contributed by atoms with Gasteiger partial charge in [-0.15, -0.1) is 0 Å². The summed E-state index contributed by atoms with van der Waals surface area (Å²) in [6.45, 7) is 5.01. The van der Waals surface area contributed by atoms with Crippen LogP contribution in [-0.4, -0.2) is 71.5 Å². The second kappa shape index (κ2) is 7.34. The van der Waals surface area contributed by atoms with Crippen molar-refractivity contribution in [3.05, 3.63) is 35.9 Å². The molecule has 2 aliphatic heterocycles. The number of hydrogen-bond acceptors (Lipinski definition) is 4. The molecule has 0 radical (unpaired) electrons. The molecule has 0 amide bonds. The molecule has 1 saturated carbocycles. The van der Waals surface area contributed by atoms with Gasteiger partial charge in [0.15, 0.2) is 0 Å². The fraction of sp³-hybridized carbons (Fsp3) is 0.650. The molecule has 2 saturated heterocycles. The van der Waals surface area contributed by atoms with Crippen molar-refractivity contribution in [1.29, 1.82) is 0 Å². The van der Waals surface area contributed by atoms with Crippen molar-refractivity contribution >= 4 is 5.71 Å². The summed E-state index contributed by atoms with van der Waals surface area (Å²) in [5, 5.41) is 9.83. The maximum absolute atomic E-state index is 9.83. The van der Waals surface area contributed by atoms with E-state index in [1.807, 2.05) is 6.07 Å². The summed E-state index contributed by atoms with van der Waals surface area (Å²) < 4.78 is 0. The summed E-state index contributed by atoms with van der Waals surface area (Å²) in [5.41, 5.74) is 2.60. The van der Waals surface area contributed by atoms with Crippen molar-refractivity contribution < 1.29 is 5.11 Å². The van der Waals surface area contributed by atoms with Gasteiger partial charge in [-0.05, 0) is 63.8 Å². The molecule has 4 rings (SSSR count). The fourth-order valence-corrected chi connectivity index (χ4v) is 4.44. The Labute approximate surface area is 145 Å². The van der Waals surface area contributed by atoms with E-state index in [1.165, 1.54) is 63.1 Å². The molecule has 2 unspecified atom stereocenters. The van der Waals surface area contributed by atoms with E-state index in [-0.39, 0.29) is 12.6 Å². The van der Waals surface area contributed by atoms with Crippen molar-refractivity contribution in [1.82, 2.24) is 9.80 Å². The van der Waals surface area contributed by atoms with E-state index in [9.17, 15) is 5.11 Å². The minimum absolute atomic E-state index is 0.0000983. The lowest BCUT2D eigenvalue weighted by molar-refractivity contribution is 0.253. The molecule has 1 N–H and O–H groups in total. The molecule has 4 nitrogen and oxygen atoms in total. The maximum atomic E-state index is 9.83. The number of likely N-dealkylation sites (tertiary alicyclic amines) is 2. The molecule has 0 bridgehead atoms. The van der Waals surface area contributed by atoms with Crippen molar-refractivity contribution in [2.75, 3.05) is 32.8 Å². The first-order valence-corrected chi connectivity index (χ1v) is 9.57. The largest absolute Gasteiger partial charge is 0.394 e. The highest BCUT2D eigenvalue weighted by Crippen LogP contribution is 2.35. The van der Waals surface area contributed by atoms with Gasteiger partial charge >= 0.3 is 0 Å². The number of aliphatic hydroxyl groups is 1. The topological polar surface area (TPSA) is 39.1 Å². The van der Waals surface area contributed by atoms with Gasteiger partial charge in [0.25, 0.3) is 0 Å². The summed E-state index contributed by atoms with van der Waals surface area (Å²) in [4.78, 5) is 10.3. The second-order valence-electron chi connectivity index (χ2n) is 7.46. The molecule has 0 spiro atoms. The zero-order chi connectivity index (χ0) is 16.4. The summed E-state index contributed by atoms with van der Waals surface area (Å²) in [7, 11) is 0. The number of benzene rings is 1. The number of hydrogen-bond donors (Lipinski definition) is 1. The average Bonchev–Trinajstić information content (AvgIpc) is 3.07. The summed E-state index contributed by atoms with van der Waals surface area (Å²) in [6.07, 6.45) is 6.13. The van der Waals surface area contributed by atoms with E-state index in [4.69, 9.17) is 4.99 Å². The Bertz CT molecular complexity index is 538. The SMILES string of the molecule is OC[C@H](Cc1ccccc1)N=C1C(N2CCCC2)C1N1CCCC1. The van der Waals surface area contributed by atoms with Gasteiger partial charge in [0.2, 0.25) is 0 Å². The minimum atomic E-state index is 0.0000983. The molecular weight excluding hydrogens is 298 g/mol. The molecule has 1 aromatic carbocycles. The lowest BCUT2D eigenvalue weighted by Crippen LogP contribution is -2.31. The van der Waals surface area contributed by atoms with Gasteiger partial charge < -0.3 is 5.11 Å². The predicted molar refractivity (Wildman–Crippen MR) is 97.6 cm³/mol. The zero-order valence-corrected chi connectivity index (χ0v) is 14.5. The molecule has 2 heterocycles. The number of nitrogens with zero attached hydrogens (tertiary/aromatic N) is 3. The summed E-state index contributed by atoms with van der Waals surface area (Å²) >= 11 is 0. The van der Waals surface area contributed by atoms with Gasteiger partial charge in [-0.25, -0.2) is 0 Å². The smallest absolute Gasteiger partial charge is 0.0771 e. The van der Waals surface area contributed by atoms with Crippen LogP contribution in [0.3, 0.4) is 0 Å². The Balaban J connectivity index is 1.49. The molecule has 24 heavy (non-hydrogen) atoms. The highest BCUT2D eigenvalue weighted by atomic mass is 16.3. The van der Waals surface area contributed by atoms with Gasteiger partial charge in [0, 0.05) is 0 Å². The van der Waals surface area contributed by atoms with Crippen LogP contribution in [0.2, 0.25) is 0 Å². The van der Waals surface area contributed by atoms with Crippen LogP contribution in [0, 0.1) is 0 Å². The molecule has 3 atom stereocenters. The zero-order valence-electron chi connectivity index (χ0n) is 14.5. The van der Waals surface area contributed by atoms with Crippen LogP contribution in [-0.2, 0) is 6.42 Å². The Hall–Kier alpha value is -1.23. The second-order valence-corrected chi connectivity index (χ2v) is 7.46. The molecule has 0 aromatic heterocycles. The third-order valence-electron chi connectivity index (χ3n) is 5.72. The van der Waals surface area contributed by atoms with Crippen LogP contribution in [0.5, 0.6) is 0 Å². The van der Waals surface area contributed by atoms with Crippen LogP contribution in [0.4, 0.5) is 0 Å². The molecule has 1 aliphatic carbocycles. The quantitative estimate of drug-likeness (QED) is 0.868. The average molecular weight is 327 g/mol. The van der Waals surface area contributed by atoms with Gasteiger partial charge in [0.05, 0.1) is 30.4 Å². The van der Waals surface area contributed by atoms with E-state index in [2.05, 4.69) is 34.1 Å². The molecule has 1 aromatic rings. The minimum Gasteiger partial charge on any atom is -0.394 e. The van der Waals surface area contributed by atoms with Crippen LogP contribution in [0.1, 0.15) is 31.2 Å². The first kappa shape index (κ1) is 16.2. The van der Waals surface area contributed by atoms with Crippen molar-refractivity contribution in [2.24, 2.45) is 4.99 Å². The molecule has 3 aliphatic rings. The van der Waals surface area contributed by atoms with Crippen LogP contribution in [0.25, 0.3) is 0 Å². The highest BCUT2D eigenvalue weighted by Gasteiger charge is 2.54.